The molecular formula is C18H19BrN2O2. The minimum Gasteiger partial charge on any atom is -0.507 e. The predicted octanol–water partition coefficient (Wildman–Crippen LogP) is 4.81. The fourth-order valence-electron chi connectivity index (χ4n) is 1.95. The average molecular weight is 375 g/mol. The Morgan fingerprint density at radius 1 is 1.30 bits per heavy atom. The molecule has 0 saturated heterocycles. The van der Waals surface area contributed by atoms with Crippen molar-refractivity contribution < 1.29 is 9.90 Å². The maximum atomic E-state index is 11.7. The Labute approximate surface area is 144 Å². The highest BCUT2D eigenvalue weighted by atomic mass is 79.9. The summed E-state index contributed by atoms with van der Waals surface area (Å²) in [4.78, 5) is 16.1. The molecule has 0 aliphatic carbocycles. The predicted molar refractivity (Wildman–Crippen MR) is 97.7 cm³/mol. The molecule has 120 valence electrons. The fraction of sp³-hybridized carbons (Fsp3) is 0.222. The van der Waals surface area contributed by atoms with Crippen molar-refractivity contribution in [1.82, 2.24) is 0 Å². The number of amides is 1. The first-order valence-corrected chi connectivity index (χ1v) is 8.10. The molecule has 0 aromatic heterocycles. The van der Waals surface area contributed by atoms with Crippen molar-refractivity contribution in [3.05, 3.63) is 52.0 Å². The van der Waals surface area contributed by atoms with Gasteiger partial charge in [-0.2, -0.15) is 0 Å². The second-order valence-electron chi connectivity index (χ2n) is 5.61. The zero-order valence-electron chi connectivity index (χ0n) is 13.3. The summed E-state index contributed by atoms with van der Waals surface area (Å²) in [5.41, 5.74) is 2.81. The topological polar surface area (TPSA) is 61.7 Å². The van der Waals surface area contributed by atoms with Gasteiger partial charge in [0, 0.05) is 27.9 Å². The van der Waals surface area contributed by atoms with Gasteiger partial charge in [0.1, 0.15) is 5.75 Å². The van der Waals surface area contributed by atoms with Gasteiger partial charge in [0.15, 0.2) is 0 Å². The lowest BCUT2D eigenvalue weighted by molar-refractivity contribution is -0.118. The third-order valence-electron chi connectivity index (χ3n) is 3.29. The summed E-state index contributed by atoms with van der Waals surface area (Å²) in [5, 5.41) is 12.9. The number of benzene rings is 2. The van der Waals surface area contributed by atoms with Crippen molar-refractivity contribution >= 4 is 39.4 Å². The molecular weight excluding hydrogens is 356 g/mol. The summed E-state index contributed by atoms with van der Waals surface area (Å²) < 4.78 is 0.882. The van der Waals surface area contributed by atoms with Crippen molar-refractivity contribution in [2.75, 3.05) is 5.32 Å². The molecule has 2 aromatic carbocycles. The second-order valence-corrected chi connectivity index (χ2v) is 6.53. The highest BCUT2D eigenvalue weighted by Gasteiger charge is 2.07. The van der Waals surface area contributed by atoms with E-state index in [9.17, 15) is 9.90 Å². The molecule has 5 heteroatoms. The fourth-order valence-corrected chi connectivity index (χ4v) is 2.54. The largest absolute Gasteiger partial charge is 0.507 e. The highest BCUT2D eigenvalue weighted by Crippen LogP contribution is 2.26. The first-order chi connectivity index (χ1) is 10.9. The lowest BCUT2D eigenvalue weighted by atomic mass is 10.1. The smallest absolute Gasteiger partial charge is 0.226 e. The van der Waals surface area contributed by atoms with Gasteiger partial charge in [-0.3, -0.25) is 9.79 Å². The number of rotatable bonds is 4. The minimum absolute atomic E-state index is 0.0358. The summed E-state index contributed by atoms with van der Waals surface area (Å²) in [5.74, 6) is 0.0938. The van der Waals surface area contributed by atoms with E-state index in [1.807, 2.05) is 45.0 Å². The molecule has 0 bridgehead atoms. The SMILES string of the molecule is Cc1cc(Br)cc(C=Nc2cccc(NC(=O)C(C)C)c2)c1O. The standard InChI is InChI=1S/C18H19BrN2O2/c1-11(2)18(23)21-16-6-4-5-15(9-16)20-10-13-8-14(19)7-12(3)17(13)22/h4-11,22H,1-3H3,(H,21,23). The van der Waals surface area contributed by atoms with E-state index in [0.717, 1.165) is 10.0 Å². The van der Waals surface area contributed by atoms with Crippen LogP contribution in [-0.4, -0.2) is 17.2 Å². The van der Waals surface area contributed by atoms with E-state index < -0.39 is 0 Å². The number of phenolic OH excluding ortho intramolecular Hbond substituents is 1. The molecule has 4 nitrogen and oxygen atoms in total. The molecule has 0 aliphatic rings. The molecule has 0 spiro atoms. The van der Waals surface area contributed by atoms with Gasteiger partial charge in [0.2, 0.25) is 5.91 Å². The lowest BCUT2D eigenvalue weighted by Crippen LogP contribution is -2.17. The van der Waals surface area contributed by atoms with Crippen LogP contribution in [0.2, 0.25) is 0 Å². The van der Waals surface area contributed by atoms with Crippen molar-refractivity contribution in [2.24, 2.45) is 10.9 Å². The molecule has 0 saturated carbocycles. The van der Waals surface area contributed by atoms with Crippen LogP contribution in [0.5, 0.6) is 5.75 Å². The molecule has 0 atom stereocenters. The molecule has 0 heterocycles. The van der Waals surface area contributed by atoms with Crippen molar-refractivity contribution in [3.8, 4) is 5.75 Å². The van der Waals surface area contributed by atoms with Crippen LogP contribution >= 0.6 is 15.9 Å². The van der Waals surface area contributed by atoms with Crippen LogP contribution in [0.25, 0.3) is 0 Å². The van der Waals surface area contributed by atoms with Gasteiger partial charge in [0.25, 0.3) is 0 Å². The van der Waals surface area contributed by atoms with Gasteiger partial charge in [-0.1, -0.05) is 35.8 Å². The number of hydrogen-bond acceptors (Lipinski definition) is 3. The number of aliphatic imine (C=N–C) groups is 1. The normalized spacial score (nSPS) is 11.2. The number of aromatic hydroxyl groups is 1. The molecule has 0 unspecified atom stereocenters. The maximum absolute atomic E-state index is 11.7. The molecule has 2 rings (SSSR count). The van der Waals surface area contributed by atoms with Gasteiger partial charge in [-0.15, -0.1) is 0 Å². The summed E-state index contributed by atoms with van der Waals surface area (Å²) in [7, 11) is 0. The number of aryl methyl sites for hydroxylation is 1. The summed E-state index contributed by atoms with van der Waals surface area (Å²) in [6, 6.07) is 10.9. The van der Waals surface area contributed by atoms with Crippen LogP contribution in [0.1, 0.15) is 25.0 Å². The van der Waals surface area contributed by atoms with Crippen LogP contribution in [0.3, 0.4) is 0 Å². The number of nitrogens with one attached hydrogen (secondary N) is 1. The number of nitrogens with zero attached hydrogens (tertiary/aromatic N) is 1. The molecule has 0 radical (unpaired) electrons. The van der Waals surface area contributed by atoms with Gasteiger partial charge in [-0.25, -0.2) is 0 Å². The van der Waals surface area contributed by atoms with Crippen LogP contribution in [0, 0.1) is 12.8 Å². The van der Waals surface area contributed by atoms with E-state index in [1.165, 1.54) is 0 Å². The van der Waals surface area contributed by atoms with Crippen LogP contribution in [-0.2, 0) is 4.79 Å². The Balaban J connectivity index is 2.22. The number of hydrogen-bond donors (Lipinski definition) is 2. The lowest BCUT2D eigenvalue weighted by Gasteiger charge is -2.08. The average Bonchev–Trinajstić information content (AvgIpc) is 2.49. The van der Waals surface area contributed by atoms with Crippen molar-refractivity contribution in [3.63, 3.8) is 0 Å². The zero-order chi connectivity index (χ0) is 17.0. The third-order valence-corrected chi connectivity index (χ3v) is 3.74. The number of halogens is 1. The summed E-state index contributed by atoms with van der Waals surface area (Å²) in [6.07, 6.45) is 1.61. The van der Waals surface area contributed by atoms with E-state index in [0.29, 0.717) is 16.9 Å². The number of carbonyl (C=O) groups is 1. The summed E-state index contributed by atoms with van der Waals surface area (Å²) in [6.45, 7) is 5.52. The van der Waals surface area contributed by atoms with Gasteiger partial charge in [-0.05, 0) is 42.8 Å². The molecule has 0 fully saturated rings. The monoisotopic (exact) mass is 374 g/mol. The van der Waals surface area contributed by atoms with Crippen molar-refractivity contribution in [1.29, 1.82) is 0 Å². The quantitative estimate of drug-likeness (QED) is 0.754. The van der Waals surface area contributed by atoms with Gasteiger partial charge in [0.05, 0.1) is 5.69 Å². The molecule has 2 N–H and O–H groups in total. The van der Waals surface area contributed by atoms with E-state index in [2.05, 4.69) is 26.2 Å². The number of anilines is 1. The van der Waals surface area contributed by atoms with Crippen LogP contribution in [0.4, 0.5) is 11.4 Å². The molecule has 1 amide bonds. The van der Waals surface area contributed by atoms with Crippen LogP contribution < -0.4 is 5.32 Å². The van der Waals surface area contributed by atoms with Gasteiger partial charge >= 0.3 is 0 Å². The summed E-state index contributed by atoms with van der Waals surface area (Å²) >= 11 is 3.41. The third kappa shape index (κ3) is 4.66. The van der Waals surface area contributed by atoms with Crippen molar-refractivity contribution in [2.45, 2.75) is 20.8 Å². The highest BCUT2D eigenvalue weighted by molar-refractivity contribution is 9.10. The first-order valence-electron chi connectivity index (χ1n) is 7.31. The zero-order valence-corrected chi connectivity index (χ0v) is 14.9. The Bertz CT molecular complexity index is 755. The van der Waals surface area contributed by atoms with E-state index in [1.54, 1.807) is 18.3 Å². The Morgan fingerprint density at radius 3 is 2.74 bits per heavy atom. The minimum atomic E-state index is -0.0799. The maximum Gasteiger partial charge on any atom is 0.226 e. The Hall–Kier alpha value is -2.14. The number of carbonyl (C=O) groups excluding carboxylic acids is 1. The Morgan fingerprint density at radius 2 is 2.04 bits per heavy atom. The Kier molecular flexibility index (Phi) is 5.55. The molecule has 2 aromatic rings. The molecule has 0 aliphatic heterocycles. The first kappa shape index (κ1) is 17.2. The van der Waals surface area contributed by atoms with Gasteiger partial charge < -0.3 is 10.4 Å². The molecule has 23 heavy (non-hydrogen) atoms. The number of phenols is 1. The second kappa shape index (κ2) is 7.42. The van der Waals surface area contributed by atoms with E-state index in [4.69, 9.17) is 0 Å². The van der Waals surface area contributed by atoms with E-state index in [-0.39, 0.29) is 17.6 Å². The van der Waals surface area contributed by atoms with E-state index >= 15 is 0 Å². The van der Waals surface area contributed by atoms with Crippen LogP contribution in [0.15, 0.2) is 45.9 Å².